The Bertz CT molecular complexity index is 586. The van der Waals surface area contributed by atoms with Crippen LogP contribution in [-0.2, 0) is 14.3 Å². The lowest BCUT2D eigenvalue weighted by atomic mass is 9.81. The largest absolute Gasteiger partial charge is 0.344 e. The molecule has 2 rings (SSSR count). The number of anilines is 1. The van der Waals surface area contributed by atoms with Crippen molar-refractivity contribution >= 4 is 32.0 Å². The number of rotatable bonds is 7. The highest BCUT2D eigenvalue weighted by molar-refractivity contribution is 9.10. The molecule has 0 atom stereocenters. The van der Waals surface area contributed by atoms with Gasteiger partial charge in [-0.25, -0.2) is 9.97 Å². The molecule has 1 aromatic heterocycles. The summed E-state index contributed by atoms with van der Waals surface area (Å²) in [6.45, 7) is 1.26. The fourth-order valence-electron chi connectivity index (χ4n) is 2.89. The van der Waals surface area contributed by atoms with Gasteiger partial charge in [-0.2, -0.15) is 8.42 Å². The van der Waals surface area contributed by atoms with E-state index >= 15 is 0 Å². The first-order valence-electron chi connectivity index (χ1n) is 7.86. The summed E-state index contributed by atoms with van der Waals surface area (Å²) in [5.41, 5.74) is 0. The molecule has 0 radical (unpaired) electrons. The third-order valence-electron chi connectivity index (χ3n) is 4.31. The highest BCUT2D eigenvalue weighted by Crippen LogP contribution is 2.31. The Morgan fingerprint density at radius 2 is 1.78 bits per heavy atom. The van der Waals surface area contributed by atoms with Crippen molar-refractivity contribution in [2.75, 3.05) is 31.4 Å². The number of aromatic nitrogens is 2. The second-order valence-electron chi connectivity index (χ2n) is 6.29. The fraction of sp³-hybridized carbons (Fsp3) is 0.733. The van der Waals surface area contributed by atoms with E-state index in [1.165, 1.54) is 0 Å². The summed E-state index contributed by atoms with van der Waals surface area (Å²) < 4.78 is 27.9. The lowest BCUT2D eigenvalue weighted by Gasteiger charge is -2.29. The van der Waals surface area contributed by atoms with Gasteiger partial charge >= 0.3 is 0 Å². The molecule has 0 saturated heterocycles. The van der Waals surface area contributed by atoms with Crippen LogP contribution in [0.4, 0.5) is 5.95 Å². The Kier molecular flexibility index (Phi) is 6.79. The van der Waals surface area contributed by atoms with Crippen LogP contribution < -0.4 is 4.90 Å². The van der Waals surface area contributed by atoms with Crippen LogP contribution in [0.3, 0.4) is 0 Å². The summed E-state index contributed by atoms with van der Waals surface area (Å²) in [5, 5.41) is 0. The van der Waals surface area contributed by atoms with E-state index in [1.54, 1.807) is 12.4 Å². The summed E-state index contributed by atoms with van der Waals surface area (Å²) in [7, 11) is -1.31. The number of hydrogen-bond acceptors (Lipinski definition) is 6. The van der Waals surface area contributed by atoms with E-state index in [9.17, 15) is 8.42 Å². The lowest BCUT2D eigenvalue weighted by Crippen LogP contribution is -2.25. The van der Waals surface area contributed by atoms with Crippen molar-refractivity contribution in [3.8, 4) is 0 Å². The maximum Gasteiger partial charge on any atom is 0.264 e. The van der Waals surface area contributed by atoms with Gasteiger partial charge < -0.3 is 4.90 Å². The SMILES string of the molecule is CN(CCC1CCC(COS(C)(=O)=O)CC1)c1ncc(Br)cn1. The van der Waals surface area contributed by atoms with Crippen molar-refractivity contribution in [2.24, 2.45) is 11.8 Å². The first-order valence-corrected chi connectivity index (χ1v) is 10.5. The molecule has 130 valence electrons. The molecular weight excluding hydrogens is 382 g/mol. The molecule has 23 heavy (non-hydrogen) atoms. The zero-order valence-electron chi connectivity index (χ0n) is 13.6. The van der Waals surface area contributed by atoms with E-state index in [2.05, 4.69) is 30.8 Å². The average molecular weight is 406 g/mol. The molecule has 1 aromatic rings. The van der Waals surface area contributed by atoms with E-state index < -0.39 is 10.1 Å². The monoisotopic (exact) mass is 405 g/mol. The third-order valence-corrected chi connectivity index (χ3v) is 5.28. The van der Waals surface area contributed by atoms with Crippen molar-refractivity contribution in [1.29, 1.82) is 0 Å². The minimum Gasteiger partial charge on any atom is -0.344 e. The fourth-order valence-corrected chi connectivity index (χ4v) is 3.53. The topological polar surface area (TPSA) is 72.4 Å². The molecule has 6 nitrogen and oxygen atoms in total. The van der Waals surface area contributed by atoms with Crippen molar-refractivity contribution in [3.63, 3.8) is 0 Å². The van der Waals surface area contributed by atoms with Gasteiger partial charge in [-0.1, -0.05) is 12.8 Å². The number of nitrogens with zero attached hydrogens (tertiary/aromatic N) is 3. The van der Waals surface area contributed by atoms with Gasteiger partial charge in [0.1, 0.15) is 0 Å². The van der Waals surface area contributed by atoms with Crippen LogP contribution in [0.1, 0.15) is 32.1 Å². The number of halogens is 1. The van der Waals surface area contributed by atoms with Gasteiger partial charge in [0.25, 0.3) is 10.1 Å². The molecule has 0 amide bonds. The Hall–Kier alpha value is -0.730. The third kappa shape index (κ3) is 6.73. The molecule has 0 aromatic carbocycles. The van der Waals surface area contributed by atoms with Crippen LogP contribution in [0.5, 0.6) is 0 Å². The zero-order chi connectivity index (χ0) is 16.9. The molecule has 0 aliphatic heterocycles. The van der Waals surface area contributed by atoms with E-state index in [-0.39, 0.29) is 0 Å². The zero-order valence-corrected chi connectivity index (χ0v) is 16.0. The van der Waals surface area contributed by atoms with Crippen molar-refractivity contribution in [1.82, 2.24) is 9.97 Å². The van der Waals surface area contributed by atoms with Gasteiger partial charge in [-0.05, 0) is 47.0 Å². The second-order valence-corrected chi connectivity index (χ2v) is 8.85. The Labute approximate surface area is 146 Å². The van der Waals surface area contributed by atoms with E-state index in [1.807, 2.05) is 7.05 Å². The van der Waals surface area contributed by atoms with Crippen LogP contribution in [-0.4, -0.2) is 44.8 Å². The summed E-state index contributed by atoms with van der Waals surface area (Å²) >= 11 is 3.34. The normalized spacial score (nSPS) is 22.0. The van der Waals surface area contributed by atoms with E-state index in [4.69, 9.17) is 4.18 Å². The van der Waals surface area contributed by atoms with Crippen LogP contribution in [0.25, 0.3) is 0 Å². The lowest BCUT2D eigenvalue weighted by molar-refractivity contribution is 0.185. The maximum atomic E-state index is 11.0. The molecule has 0 N–H and O–H groups in total. The van der Waals surface area contributed by atoms with Crippen LogP contribution >= 0.6 is 15.9 Å². The van der Waals surface area contributed by atoms with Gasteiger partial charge in [0.2, 0.25) is 5.95 Å². The quantitative estimate of drug-likeness (QED) is 0.649. The van der Waals surface area contributed by atoms with Crippen molar-refractivity contribution in [2.45, 2.75) is 32.1 Å². The Morgan fingerprint density at radius 1 is 1.22 bits per heavy atom. The summed E-state index contributed by atoms with van der Waals surface area (Å²) in [5.74, 6) is 1.79. The highest BCUT2D eigenvalue weighted by atomic mass is 79.9. The second kappa shape index (κ2) is 8.39. The Balaban J connectivity index is 1.69. The molecule has 8 heteroatoms. The highest BCUT2D eigenvalue weighted by Gasteiger charge is 2.22. The first-order chi connectivity index (χ1) is 10.8. The van der Waals surface area contributed by atoms with Crippen molar-refractivity contribution < 1.29 is 12.6 Å². The summed E-state index contributed by atoms with van der Waals surface area (Å²) in [4.78, 5) is 10.7. The summed E-state index contributed by atoms with van der Waals surface area (Å²) in [6.07, 6.45) is 10.1. The van der Waals surface area contributed by atoms with Gasteiger partial charge in [0, 0.05) is 26.0 Å². The van der Waals surface area contributed by atoms with Crippen LogP contribution in [0.15, 0.2) is 16.9 Å². The molecule has 0 unspecified atom stereocenters. The predicted molar refractivity (Wildman–Crippen MR) is 93.9 cm³/mol. The molecule has 1 heterocycles. The van der Waals surface area contributed by atoms with Gasteiger partial charge in [-0.15, -0.1) is 0 Å². The van der Waals surface area contributed by atoms with Gasteiger partial charge in [0.15, 0.2) is 0 Å². The standard InChI is InChI=1S/C15H24BrN3O3S/c1-19(15-17-9-14(16)10-18-15)8-7-12-3-5-13(6-4-12)11-22-23(2,20)21/h9-10,12-13H,3-8,11H2,1-2H3. The van der Waals surface area contributed by atoms with Gasteiger partial charge in [0.05, 0.1) is 17.3 Å². The van der Waals surface area contributed by atoms with E-state index in [0.717, 1.165) is 55.3 Å². The first kappa shape index (κ1) is 18.6. The molecule has 0 spiro atoms. The van der Waals surface area contributed by atoms with Crippen molar-refractivity contribution in [3.05, 3.63) is 16.9 Å². The molecule has 0 bridgehead atoms. The molecule has 1 aliphatic rings. The molecule has 1 aliphatic carbocycles. The smallest absolute Gasteiger partial charge is 0.264 e. The van der Waals surface area contributed by atoms with Gasteiger partial charge in [-0.3, -0.25) is 4.18 Å². The van der Waals surface area contributed by atoms with Crippen LogP contribution in [0.2, 0.25) is 0 Å². The molecule has 1 fully saturated rings. The molecule has 1 saturated carbocycles. The van der Waals surface area contributed by atoms with Crippen LogP contribution in [0, 0.1) is 11.8 Å². The minimum absolute atomic E-state index is 0.332. The Morgan fingerprint density at radius 3 is 2.35 bits per heavy atom. The minimum atomic E-state index is -3.32. The number of hydrogen-bond donors (Lipinski definition) is 0. The summed E-state index contributed by atoms with van der Waals surface area (Å²) in [6, 6.07) is 0. The predicted octanol–water partition coefficient (Wildman–Crippen LogP) is 2.85. The maximum absolute atomic E-state index is 11.0. The van der Waals surface area contributed by atoms with E-state index in [0.29, 0.717) is 18.4 Å². The average Bonchev–Trinajstić information content (AvgIpc) is 2.51. The molecular formula is C15H24BrN3O3S.